The summed E-state index contributed by atoms with van der Waals surface area (Å²) in [6.07, 6.45) is 4.94. The van der Waals surface area contributed by atoms with Crippen molar-refractivity contribution in [2.45, 2.75) is 33.4 Å². The Hall–Kier alpha value is -1.72. The lowest BCUT2D eigenvalue weighted by Gasteiger charge is -2.37. The van der Waals surface area contributed by atoms with Crippen molar-refractivity contribution in [2.75, 3.05) is 39.4 Å². The number of hydrogen-bond acceptors (Lipinski definition) is 4. The zero-order chi connectivity index (χ0) is 21.3. The molecule has 1 aliphatic heterocycles. The van der Waals surface area contributed by atoms with Gasteiger partial charge in [-0.1, -0.05) is 19.9 Å². The van der Waals surface area contributed by atoms with Gasteiger partial charge in [0.05, 0.1) is 31.8 Å². The first-order valence-electron chi connectivity index (χ1n) is 10.7. The minimum Gasteiger partial charge on any atom is -0.379 e. The van der Waals surface area contributed by atoms with E-state index in [2.05, 4.69) is 39.4 Å². The molecule has 2 N–H and O–H groups in total. The van der Waals surface area contributed by atoms with E-state index in [1.54, 1.807) is 29.4 Å². The zero-order valence-corrected chi connectivity index (χ0v) is 20.9. The van der Waals surface area contributed by atoms with Gasteiger partial charge in [-0.15, -0.1) is 24.0 Å². The van der Waals surface area contributed by atoms with Crippen LogP contribution in [0, 0.1) is 11.7 Å². The zero-order valence-electron chi connectivity index (χ0n) is 18.6. The predicted octanol–water partition coefficient (Wildman–Crippen LogP) is 3.04. The van der Waals surface area contributed by atoms with E-state index >= 15 is 0 Å². The van der Waals surface area contributed by atoms with E-state index in [1.807, 2.05) is 13.0 Å². The van der Waals surface area contributed by atoms with Crippen LogP contribution in [0.3, 0.4) is 0 Å². The number of morpholine rings is 1. The number of rotatable bonds is 8. The lowest BCUT2D eigenvalue weighted by Crippen LogP contribution is -2.52. The molecule has 1 saturated heterocycles. The molecule has 9 heteroatoms. The Labute approximate surface area is 201 Å². The molecule has 1 fully saturated rings. The fourth-order valence-corrected chi connectivity index (χ4v) is 3.67. The summed E-state index contributed by atoms with van der Waals surface area (Å²) in [5.74, 6) is 0.977. The van der Waals surface area contributed by atoms with Crippen molar-refractivity contribution >= 4 is 29.9 Å². The number of imidazole rings is 1. The van der Waals surface area contributed by atoms with Crippen molar-refractivity contribution in [2.24, 2.45) is 10.9 Å². The summed E-state index contributed by atoms with van der Waals surface area (Å²) in [7, 11) is 0. The molecule has 0 bridgehead atoms. The van der Waals surface area contributed by atoms with Gasteiger partial charge < -0.3 is 19.9 Å². The first-order valence-corrected chi connectivity index (χ1v) is 10.7. The van der Waals surface area contributed by atoms with Crippen LogP contribution in [0.1, 0.15) is 26.3 Å². The molecule has 1 aromatic carbocycles. The van der Waals surface area contributed by atoms with Gasteiger partial charge in [0.1, 0.15) is 5.82 Å². The molecular weight excluding hydrogens is 510 g/mol. The van der Waals surface area contributed by atoms with Crippen LogP contribution < -0.4 is 10.6 Å². The lowest BCUT2D eigenvalue weighted by atomic mass is 10.0. The minimum atomic E-state index is -0.286. The van der Waals surface area contributed by atoms with E-state index in [0.29, 0.717) is 24.2 Å². The third-order valence-electron chi connectivity index (χ3n) is 5.32. The highest BCUT2D eigenvalue weighted by atomic mass is 127. The van der Waals surface area contributed by atoms with Crippen molar-refractivity contribution in [3.63, 3.8) is 0 Å². The molecule has 1 atom stereocenters. The summed E-state index contributed by atoms with van der Waals surface area (Å²) in [5, 5.41) is 6.76. The Morgan fingerprint density at radius 1 is 1.26 bits per heavy atom. The molecule has 1 unspecified atom stereocenters. The predicted molar refractivity (Wildman–Crippen MR) is 133 cm³/mol. The van der Waals surface area contributed by atoms with Gasteiger partial charge in [-0.3, -0.25) is 4.90 Å². The van der Waals surface area contributed by atoms with E-state index in [4.69, 9.17) is 4.74 Å². The van der Waals surface area contributed by atoms with Crippen LogP contribution in [0.25, 0.3) is 5.69 Å². The first kappa shape index (κ1) is 25.5. The highest BCUT2D eigenvalue weighted by Gasteiger charge is 2.23. The van der Waals surface area contributed by atoms with Crippen molar-refractivity contribution in [3.8, 4) is 5.69 Å². The van der Waals surface area contributed by atoms with Crippen molar-refractivity contribution in [1.82, 2.24) is 25.1 Å². The van der Waals surface area contributed by atoms with Gasteiger partial charge in [0.25, 0.3) is 0 Å². The topological polar surface area (TPSA) is 66.7 Å². The van der Waals surface area contributed by atoms with Gasteiger partial charge in [0.2, 0.25) is 0 Å². The van der Waals surface area contributed by atoms with Gasteiger partial charge in [-0.25, -0.2) is 14.4 Å². The van der Waals surface area contributed by atoms with Gasteiger partial charge in [0, 0.05) is 44.6 Å². The molecular formula is C22H34FIN6O. The summed E-state index contributed by atoms with van der Waals surface area (Å²) >= 11 is 0. The Morgan fingerprint density at radius 3 is 2.65 bits per heavy atom. The fraction of sp³-hybridized carbons (Fsp3) is 0.545. The molecule has 0 aliphatic carbocycles. The van der Waals surface area contributed by atoms with Gasteiger partial charge >= 0.3 is 0 Å². The summed E-state index contributed by atoms with van der Waals surface area (Å²) < 4.78 is 21.6. The van der Waals surface area contributed by atoms with Crippen molar-refractivity contribution < 1.29 is 9.13 Å². The highest BCUT2D eigenvalue weighted by molar-refractivity contribution is 14.0. The van der Waals surface area contributed by atoms with E-state index in [1.165, 1.54) is 6.07 Å². The monoisotopic (exact) mass is 544 g/mol. The molecule has 0 spiro atoms. The fourth-order valence-electron chi connectivity index (χ4n) is 3.67. The summed E-state index contributed by atoms with van der Waals surface area (Å²) in [6, 6.07) is 5.60. The number of benzene rings is 1. The summed E-state index contributed by atoms with van der Waals surface area (Å²) in [4.78, 5) is 11.1. The van der Waals surface area contributed by atoms with Crippen LogP contribution in [-0.2, 0) is 11.3 Å². The van der Waals surface area contributed by atoms with E-state index in [-0.39, 0.29) is 29.8 Å². The molecule has 0 radical (unpaired) electrons. The number of ether oxygens (including phenoxy) is 1. The molecule has 2 heterocycles. The maximum atomic E-state index is 14.5. The maximum Gasteiger partial charge on any atom is 0.191 e. The van der Waals surface area contributed by atoms with Crippen molar-refractivity contribution in [1.29, 1.82) is 0 Å². The second-order valence-corrected chi connectivity index (χ2v) is 7.79. The number of nitrogens with one attached hydrogen (secondary N) is 2. The highest BCUT2D eigenvalue weighted by Crippen LogP contribution is 2.16. The quantitative estimate of drug-likeness (QED) is 0.304. The number of halogens is 2. The smallest absolute Gasteiger partial charge is 0.191 e. The number of guanidine groups is 1. The van der Waals surface area contributed by atoms with E-state index in [9.17, 15) is 4.39 Å². The second-order valence-electron chi connectivity index (χ2n) is 7.79. The molecule has 0 amide bonds. The molecule has 172 valence electrons. The first-order chi connectivity index (χ1) is 14.6. The Bertz CT molecular complexity index is 808. The second kappa shape index (κ2) is 13.0. The number of hydrogen-bond donors (Lipinski definition) is 2. The van der Waals surface area contributed by atoms with Gasteiger partial charge in [-0.2, -0.15) is 0 Å². The van der Waals surface area contributed by atoms with E-state index in [0.717, 1.165) is 50.9 Å². The number of aliphatic imine (C=N–C) groups is 1. The number of nitrogens with zero attached hydrogens (tertiary/aromatic N) is 4. The average molecular weight is 544 g/mol. The van der Waals surface area contributed by atoms with Crippen LogP contribution in [0.2, 0.25) is 0 Å². The van der Waals surface area contributed by atoms with E-state index < -0.39 is 0 Å². The standard InChI is InChI=1S/C22H33FN6O.HI/c1-4-25-22(27-15-21(17(2)3)28-9-11-30-12-10-28)26-14-18-5-6-20(19(23)13-18)29-8-7-24-16-29;/h5-8,13,16-17,21H,4,9-12,14-15H2,1-3H3,(H2,25,26,27);1H. The molecule has 7 nitrogen and oxygen atoms in total. The normalized spacial score (nSPS) is 16.1. The Morgan fingerprint density at radius 2 is 2.03 bits per heavy atom. The Balaban J connectivity index is 0.00000341. The summed E-state index contributed by atoms with van der Waals surface area (Å²) in [6.45, 7) is 12.0. The molecule has 1 aromatic heterocycles. The lowest BCUT2D eigenvalue weighted by molar-refractivity contribution is 0.00752. The third kappa shape index (κ3) is 7.43. The SMILES string of the molecule is CCNC(=NCc1ccc(-n2ccnc2)c(F)c1)NCC(C(C)C)N1CCOCC1.I. The molecule has 0 saturated carbocycles. The Kier molecular flexibility index (Phi) is 10.7. The van der Waals surface area contributed by atoms with Gasteiger partial charge in [-0.05, 0) is 30.5 Å². The number of aromatic nitrogens is 2. The van der Waals surface area contributed by atoms with Crippen LogP contribution in [0.4, 0.5) is 4.39 Å². The molecule has 1 aliphatic rings. The van der Waals surface area contributed by atoms with Crippen molar-refractivity contribution in [3.05, 3.63) is 48.3 Å². The van der Waals surface area contributed by atoms with Gasteiger partial charge in [0.15, 0.2) is 5.96 Å². The van der Waals surface area contributed by atoms with Crippen LogP contribution >= 0.6 is 24.0 Å². The maximum absolute atomic E-state index is 14.5. The van der Waals surface area contributed by atoms with Crippen LogP contribution in [-0.4, -0.2) is 65.8 Å². The molecule has 2 aromatic rings. The largest absolute Gasteiger partial charge is 0.379 e. The molecule has 3 rings (SSSR count). The minimum absolute atomic E-state index is 0. The van der Waals surface area contributed by atoms with Crippen LogP contribution in [0.5, 0.6) is 0 Å². The third-order valence-corrected chi connectivity index (χ3v) is 5.32. The summed E-state index contributed by atoms with van der Waals surface area (Å²) in [5.41, 5.74) is 1.30. The molecule has 31 heavy (non-hydrogen) atoms. The average Bonchev–Trinajstić information content (AvgIpc) is 3.27. The van der Waals surface area contributed by atoms with Crippen LogP contribution in [0.15, 0.2) is 41.9 Å².